The maximum atomic E-state index is 12.0. The van der Waals surface area contributed by atoms with Gasteiger partial charge in [-0.25, -0.2) is 19.7 Å². The third kappa shape index (κ3) is 5.14. The number of nitriles is 1. The summed E-state index contributed by atoms with van der Waals surface area (Å²) in [6.45, 7) is 8.10. The predicted octanol–water partition coefficient (Wildman–Crippen LogP) is 2.75. The fourth-order valence-corrected chi connectivity index (χ4v) is 2.39. The van der Waals surface area contributed by atoms with Crippen LogP contribution in [0.25, 0.3) is 0 Å². The van der Waals surface area contributed by atoms with Crippen LogP contribution >= 0.6 is 0 Å². The van der Waals surface area contributed by atoms with Gasteiger partial charge in [0.05, 0.1) is 38.4 Å². The Bertz CT molecular complexity index is 844. The largest absolute Gasteiger partial charge is 0.465 e. The van der Waals surface area contributed by atoms with E-state index < -0.39 is 5.97 Å². The second kappa shape index (κ2) is 9.62. The summed E-state index contributed by atoms with van der Waals surface area (Å²) in [5, 5.41) is 15.0. The molecule has 3 rings (SSSR count). The summed E-state index contributed by atoms with van der Waals surface area (Å²) in [4.78, 5) is 24.2. The first-order valence-electron chi connectivity index (χ1n) is 8.92. The van der Waals surface area contributed by atoms with Crippen LogP contribution < -0.4 is 10.6 Å². The Balaban J connectivity index is 0.00000136. The molecule has 0 spiro atoms. The number of carbonyl (C=O) groups excluding carboxylic acids is 1. The minimum atomic E-state index is -0.472. The first kappa shape index (κ1) is 21.1. The van der Waals surface area contributed by atoms with Crippen molar-refractivity contribution < 1.29 is 14.3 Å². The van der Waals surface area contributed by atoms with Crippen LogP contribution in [-0.2, 0) is 9.47 Å². The van der Waals surface area contributed by atoms with Gasteiger partial charge in [0.15, 0.2) is 5.69 Å². The van der Waals surface area contributed by atoms with Crippen molar-refractivity contribution in [2.75, 3.05) is 37.5 Å². The van der Waals surface area contributed by atoms with Crippen molar-refractivity contribution in [3.63, 3.8) is 0 Å². The third-order valence-electron chi connectivity index (χ3n) is 3.94. The van der Waals surface area contributed by atoms with Gasteiger partial charge in [-0.3, -0.25) is 0 Å². The number of hydrogen-bond acceptors (Lipinski definition) is 9. The van der Waals surface area contributed by atoms with Gasteiger partial charge in [0.1, 0.15) is 23.3 Å². The molecule has 0 bridgehead atoms. The van der Waals surface area contributed by atoms with E-state index >= 15 is 0 Å². The molecule has 0 amide bonds. The number of aromatic nitrogens is 3. The zero-order chi connectivity index (χ0) is 20.6. The van der Waals surface area contributed by atoms with E-state index in [1.165, 1.54) is 25.7 Å². The molecule has 2 aromatic heterocycles. The number of anilines is 3. The zero-order valence-electron chi connectivity index (χ0n) is 16.4. The van der Waals surface area contributed by atoms with Gasteiger partial charge in [0.2, 0.25) is 0 Å². The molecule has 0 unspecified atom stereocenters. The molecule has 0 aliphatic carbocycles. The number of methoxy groups -OCH3 is 1. The molecule has 9 heteroatoms. The molecule has 1 fully saturated rings. The lowest BCUT2D eigenvalue weighted by atomic mass is 9.88. The molecule has 0 saturated carbocycles. The first-order chi connectivity index (χ1) is 13.5. The lowest BCUT2D eigenvalue weighted by Crippen LogP contribution is -2.45. The van der Waals surface area contributed by atoms with Crippen LogP contribution in [0.2, 0.25) is 0 Å². The topological polar surface area (TPSA) is 122 Å². The van der Waals surface area contributed by atoms with Crippen molar-refractivity contribution >= 4 is 23.3 Å². The standard InChI is InChI=1S/C17H18N6O3.C2H6/c1-17(9-26-10-17)8-22-13-3-14(21-6-12(13)16(24)25-2)23-15-7-19-11(4-18)5-20-15;1-2/h3,5-7H,8-10H2,1-2H3,(H2,20,21,22,23);1-2H3. The second-order valence-electron chi connectivity index (χ2n) is 6.29. The van der Waals surface area contributed by atoms with Crippen LogP contribution in [0, 0.1) is 16.7 Å². The molecule has 1 saturated heterocycles. The maximum Gasteiger partial charge on any atom is 0.341 e. The summed E-state index contributed by atoms with van der Waals surface area (Å²) in [5.41, 5.74) is 1.20. The van der Waals surface area contributed by atoms with Crippen LogP contribution in [0.5, 0.6) is 0 Å². The SMILES string of the molecule is CC.COC(=O)c1cnc(Nc2cnc(C#N)cn2)cc1NCC1(C)COC1. The molecule has 2 aromatic rings. The third-order valence-corrected chi connectivity index (χ3v) is 3.94. The lowest BCUT2D eigenvalue weighted by Gasteiger charge is -2.38. The summed E-state index contributed by atoms with van der Waals surface area (Å²) in [6, 6.07) is 3.61. The fourth-order valence-electron chi connectivity index (χ4n) is 2.39. The molecule has 0 atom stereocenters. The van der Waals surface area contributed by atoms with Crippen LogP contribution in [0.1, 0.15) is 36.8 Å². The fraction of sp³-hybridized carbons (Fsp3) is 0.421. The minimum Gasteiger partial charge on any atom is -0.465 e. The van der Waals surface area contributed by atoms with Crippen molar-refractivity contribution in [3.05, 3.63) is 35.9 Å². The number of rotatable bonds is 6. The van der Waals surface area contributed by atoms with Crippen LogP contribution in [0.4, 0.5) is 17.3 Å². The maximum absolute atomic E-state index is 12.0. The van der Waals surface area contributed by atoms with E-state index in [9.17, 15) is 4.79 Å². The summed E-state index contributed by atoms with van der Waals surface area (Å²) >= 11 is 0. The van der Waals surface area contributed by atoms with Gasteiger partial charge in [0, 0.05) is 24.2 Å². The first-order valence-corrected chi connectivity index (χ1v) is 8.92. The van der Waals surface area contributed by atoms with E-state index in [0.29, 0.717) is 42.6 Å². The van der Waals surface area contributed by atoms with Crippen molar-refractivity contribution in [3.8, 4) is 6.07 Å². The Hall–Kier alpha value is -3.25. The molecule has 2 N–H and O–H groups in total. The molecule has 0 radical (unpaired) electrons. The molecule has 148 valence electrons. The quantitative estimate of drug-likeness (QED) is 0.724. The average molecular weight is 384 g/mol. The zero-order valence-corrected chi connectivity index (χ0v) is 16.4. The number of ether oxygens (including phenoxy) is 2. The van der Waals surface area contributed by atoms with Crippen LogP contribution in [0.3, 0.4) is 0 Å². The lowest BCUT2D eigenvalue weighted by molar-refractivity contribution is -0.0924. The molecule has 1 aliphatic heterocycles. The van der Waals surface area contributed by atoms with Crippen LogP contribution in [0.15, 0.2) is 24.7 Å². The minimum absolute atomic E-state index is 0.0306. The Morgan fingerprint density at radius 3 is 2.50 bits per heavy atom. The van der Waals surface area contributed by atoms with E-state index in [1.807, 2.05) is 19.9 Å². The highest BCUT2D eigenvalue weighted by atomic mass is 16.5. The number of pyridine rings is 1. The van der Waals surface area contributed by atoms with Gasteiger partial charge in [-0.05, 0) is 0 Å². The Labute approximate surface area is 164 Å². The summed E-state index contributed by atoms with van der Waals surface area (Å²) in [7, 11) is 1.33. The van der Waals surface area contributed by atoms with Gasteiger partial charge < -0.3 is 20.1 Å². The highest BCUT2D eigenvalue weighted by molar-refractivity contribution is 5.95. The van der Waals surface area contributed by atoms with E-state index in [2.05, 4.69) is 32.5 Å². The number of hydrogen-bond donors (Lipinski definition) is 2. The highest BCUT2D eigenvalue weighted by Gasteiger charge is 2.33. The van der Waals surface area contributed by atoms with Gasteiger partial charge in [-0.15, -0.1) is 0 Å². The number of esters is 1. The predicted molar refractivity (Wildman–Crippen MR) is 104 cm³/mol. The second-order valence-corrected chi connectivity index (χ2v) is 6.29. The number of nitrogens with one attached hydrogen (secondary N) is 2. The van der Waals surface area contributed by atoms with E-state index in [0.717, 1.165) is 0 Å². The normalized spacial score (nSPS) is 13.8. The summed E-state index contributed by atoms with van der Waals surface area (Å²) in [6.07, 6.45) is 4.24. The molecule has 9 nitrogen and oxygen atoms in total. The van der Waals surface area contributed by atoms with Crippen molar-refractivity contribution in [1.82, 2.24) is 15.0 Å². The average Bonchev–Trinajstić information content (AvgIpc) is 2.72. The molecule has 1 aliphatic rings. The van der Waals surface area contributed by atoms with Crippen molar-refractivity contribution in [1.29, 1.82) is 5.26 Å². The molecule has 0 aromatic carbocycles. The molecule has 3 heterocycles. The van der Waals surface area contributed by atoms with Gasteiger partial charge in [-0.1, -0.05) is 20.8 Å². The van der Waals surface area contributed by atoms with E-state index in [-0.39, 0.29) is 11.1 Å². The Morgan fingerprint density at radius 1 is 1.25 bits per heavy atom. The molecular weight excluding hydrogens is 360 g/mol. The number of carbonyl (C=O) groups is 1. The van der Waals surface area contributed by atoms with Gasteiger partial charge >= 0.3 is 5.97 Å². The number of nitrogens with zero attached hydrogens (tertiary/aromatic N) is 4. The van der Waals surface area contributed by atoms with Crippen molar-refractivity contribution in [2.24, 2.45) is 5.41 Å². The molecular formula is C19H24N6O3. The monoisotopic (exact) mass is 384 g/mol. The van der Waals surface area contributed by atoms with E-state index in [4.69, 9.17) is 14.7 Å². The Kier molecular flexibility index (Phi) is 7.23. The highest BCUT2D eigenvalue weighted by Crippen LogP contribution is 2.28. The van der Waals surface area contributed by atoms with Gasteiger partial charge in [-0.2, -0.15) is 5.26 Å². The van der Waals surface area contributed by atoms with Gasteiger partial charge in [0.25, 0.3) is 0 Å². The van der Waals surface area contributed by atoms with E-state index in [1.54, 1.807) is 6.07 Å². The van der Waals surface area contributed by atoms with Crippen LogP contribution in [-0.4, -0.2) is 47.8 Å². The summed E-state index contributed by atoms with van der Waals surface area (Å²) in [5.74, 6) is 0.446. The smallest absolute Gasteiger partial charge is 0.341 e. The van der Waals surface area contributed by atoms with Crippen molar-refractivity contribution in [2.45, 2.75) is 20.8 Å². The Morgan fingerprint density at radius 2 is 1.96 bits per heavy atom. The summed E-state index contributed by atoms with van der Waals surface area (Å²) < 4.78 is 10.1. The molecule has 28 heavy (non-hydrogen) atoms.